The average molecular weight is 341 g/mol. The highest BCUT2D eigenvalue weighted by Crippen LogP contribution is 2.28. The van der Waals surface area contributed by atoms with Gasteiger partial charge in [-0.25, -0.2) is 4.98 Å². The highest BCUT2D eigenvalue weighted by Gasteiger charge is 2.32. The Labute approximate surface area is 149 Å². The van der Waals surface area contributed by atoms with Crippen molar-refractivity contribution in [2.24, 2.45) is 0 Å². The number of amides is 1. The molecular formula is C20H27N3O2. The van der Waals surface area contributed by atoms with Crippen molar-refractivity contribution in [1.29, 1.82) is 0 Å². The lowest BCUT2D eigenvalue weighted by atomic mass is 9.98. The van der Waals surface area contributed by atoms with Gasteiger partial charge < -0.3 is 9.32 Å². The van der Waals surface area contributed by atoms with Gasteiger partial charge in [0, 0.05) is 18.9 Å². The van der Waals surface area contributed by atoms with E-state index in [0.717, 1.165) is 34.9 Å². The van der Waals surface area contributed by atoms with Crippen LogP contribution < -0.4 is 0 Å². The van der Waals surface area contributed by atoms with Crippen molar-refractivity contribution in [1.82, 2.24) is 14.8 Å². The van der Waals surface area contributed by atoms with Gasteiger partial charge in [-0.1, -0.05) is 38.1 Å². The van der Waals surface area contributed by atoms with Crippen molar-refractivity contribution in [3.05, 3.63) is 52.7 Å². The molecule has 0 fully saturated rings. The van der Waals surface area contributed by atoms with E-state index in [4.69, 9.17) is 4.42 Å². The van der Waals surface area contributed by atoms with Gasteiger partial charge in [-0.05, 0) is 32.1 Å². The third kappa shape index (κ3) is 3.47. The lowest BCUT2D eigenvalue weighted by molar-refractivity contribution is -0.137. The molecule has 0 bridgehead atoms. The molecule has 2 heterocycles. The Morgan fingerprint density at radius 2 is 2.00 bits per heavy atom. The Morgan fingerprint density at radius 3 is 2.64 bits per heavy atom. The fourth-order valence-corrected chi connectivity index (χ4v) is 3.35. The van der Waals surface area contributed by atoms with E-state index in [1.165, 1.54) is 0 Å². The molecule has 2 aromatic rings. The van der Waals surface area contributed by atoms with E-state index in [1.807, 2.05) is 42.1 Å². The second-order valence-electron chi connectivity index (χ2n) is 7.31. The van der Waals surface area contributed by atoms with Crippen LogP contribution in [0.25, 0.3) is 0 Å². The SMILES string of the molecule is Cc1ccccc1C(C(=O)N1CCc2oc(C(C)C)nc2C1)N(C)C. The van der Waals surface area contributed by atoms with Gasteiger partial charge in [0.05, 0.1) is 6.54 Å². The van der Waals surface area contributed by atoms with Crippen molar-refractivity contribution in [3.8, 4) is 0 Å². The number of oxazole rings is 1. The Morgan fingerprint density at radius 1 is 1.28 bits per heavy atom. The van der Waals surface area contributed by atoms with E-state index in [-0.39, 0.29) is 17.9 Å². The van der Waals surface area contributed by atoms with Crippen molar-refractivity contribution < 1.29 is 9.21 Å². The summed E-state index contributed by atoms with van der Waals surface area (Å²) in [4.78, 5) is 21.8. The van der Waals surface area contributed by atoms with Crippen LogP contribution in [-0.4, -0.2) is 41.3 Å². The van der Waals surface area contributed by atoms with Gasteiger partial charge >= 0.3 is 0 Å². The molecule has 0 spiro atoms. The molecule has 134 valence electrons. The number of nitrogens with zero attached hydrogens (tertiary/aromatic N) is 3. The normalized spacial score (nSPS) is 15.6. The molecule has 0 radical (unpaired) electrons. The lowest BCUT2D eigenvalue weighted by Crippen LogP contribution is -2.43. The average Bonchev–Trinajstić information content (AvgIpc) is 3.00. The Balaban J connectivity index is 1.85. The smallest absolute Gasteiger partial charge is 0.244 e. The molecule has 5 heteroatoms. The minimum Gasteiger partial charge on any atom is -0.445 e. The Kier molecular flexibility index (Phi) is 4.95. The van der Waals surface area contributed by atoms with Crippen LogP contribution in [0.1, 0.15) is 54.3 Å². The van der Waals surface area contributed by atoms with Crippen LogP contribution in [0.2, 0.25) is 0 Å². The summed E-state index contributed by atoms with van der Waals surface area (Å²) in [5, 5.41) is 0. The summed E-state index contributed by atoms with van der Waals surface area (Å²) >= 11 is 0. The molecule has 1 aliphatic heterocycles. The minimum absolute atomic E-state index is 0.124. The summed E-state index contributed by atoms with van der Waals surface area (Å²) in [6, 6.07) is 7.82. The zero-order valence-corrected chi connectivity index (χ0v) is 15.7. The highest BCUT2D eigenvalue weighted by molar-refractivity contribution is 5.83. The van der Waals surface area contributed by atoms with E-state index in [2.05, 4.69) is 31.8 Å². The standard InChI is InChI=1S/C20H27N3O2/c1-13(2)19-21-16-12-23(11-10-17(16)25-19)20(24)18(22(4)5)15-9-7-6-8-14(15)3/h6-9,13,18H,10-12H2,1-5H3. The number of likely N-dealkylation sites (N-methyl/N-ethyl adjacent to an activating group) is 1. The van der Waals surface area contributed by atoms with E-state index in [9.17, 15) is 4.79 Å². The van der Waals surface area contributed by atoms with E-state index < -0.39 is 0 Å². The van der Waals surface area contributed by atoms with Gasteiger partial charge in [0.2, 0.25) is 5.91 Å². The number of rotatable bonds is 4. The predicted octanol–water partition coefficient (Wildman–Crippen LogP) is 3.29. The zero-order valence-electron chi connectivity index (χ0n) is 15.7. The third-order valence-corrected chi connectivity index (χ3v) is 4.78. The highest BCUT2D eigenvalue weighted by atomic mass is 16.4. The van der Waals surface area contributed by atoms with Crippen LogP contribution in [-0.2, 0) is 17.8 Å². The lowest BCUT2D eigenvalue weighted by Gasteiger charge is -2.33. The molecule has 1 amide bonds. The van der Waals surface area contributed by atoms with Crippen LogP contribution in [0.5, 0.6) is 0 Å². The molecule has 0 aliphatic carbocycles. The first kappa shape index (κ1) is 17.7. The minimum atomic E-state index is -0.278. The maximum absolute atomic E-state index is 13.3. The molecule has 1 aliphatic rings. The first-order chi connectivity index (χ1) is 11.9. The number of hydrogen-bond acceptors (Lipinski definition) is 4. The maximum atomic E-state index is 13.3. The van der Waals surface area contributed by atoms with Crippen molar-refractivity contribution in [3.63, 3.8) is 0 Å². The van der Waals surface area contributed by atoms with Crippen LogP contribution in [0.15, 0.2) is 28.7 Å². The first-order valence-corrected chi connectivity index (χ1v) is 8.87. The topological polar surface area (TPSA) is 49.6 Å². The van der Waals surface area contributed by atoms with Crippen molar-refractivity contribution in [2.45, 2.75) is 45.7 Å². The molecule has 5 nitrogen and oxygen atoms in total. The largest absolute Gasteiger partial charge is 0.445 e. The Bertz CT molecular complexity index is 764. The van der Waals surface area contributed by atoms with Crippen molar-refractivity contribution >= 4 is 5.91 Å². The Hall–Kier alpha value is -2.14. The van der Waals surface area contributed by atoms with Gasteiger partial charge in [-0.2, -0.15) is 0 Å². The molecule has 1 unspecified atom stereocenters. The molecule has 0 saturated heterocycles. The van der Waals surface area contributed by atoms with E-state index >= 15 is 0 Å². The van der Waals surface area contributed by atoms with Crippen molar-refractivity contribution in [2.75, 3.05) is 20.6 Å². The molecule has 25 heavy (non-hydrogen) atoms. The van der Waals surface area contributed by atoms with Crippen LogP contribution in [0.4, 0.5) is 0 Å². The molecule has 3 rings (SSSR count). The number of carbonyl (C=O) groups excluding carboxylic acids is 1. The number of carbonyl (C=O) groups is 1. The molecule has 1 aromatic carbocycles. The first-order valence-electron chi connectivity index (χ1n) is 8.87. The monoisotopic (exact) mass is 341 g/mol. The molecule has 0 saturated carbocycles. The number of hydrogen-bond donors (Lipinski definition) is 0. The van der Waals surface area contributed by atoms with Gasteiger partial charge in [0.1, 0.15) is 17.5 Å². The number of fused-ring (bicyclic) bond motifs is 1. The predicted molar refractivity (Wildman–Crippen MR) is 97.3 cm³/mol. The summed E-state index contributed by atoms with van der Waals surface area (Å²) in [6.07, 6.45) is 0.731. The number of benzene rings is 1. The van der Waals surface area contributed by atoms with Gasteiger partial charge in [-0.15, -0.1) is 0 Å². The number of aromatic nitrogens is 1. The maximum Gasteiger partial charge on any atom is 0.244 e. The molecule has 0 N–H and O–H groups in total. The van der Waals surface area contributed by atoms with Crippen LogP contribution in [0, 0.1) is 6.92 Å². The second kappa shape index (κ2) is 7.00. The fraction of sp³-hybridized carbons (Fsp3) is 0.500. The zero-order chi connectivity index (χ0) is 18.1. The van der Waals surface area contributed by atoms with Gasteiger partial charge in [0.25, 0.3) is 0 Å². The second-order valence-corrected chi connectivity index (χ2v) is 7.31. The molecule has 1 aromatic heterocycles. The summed E-state index contributed by atoms with van der Waals surface area (Å²) in [5.41, 5.74) is 3.10. The van der Waals surface area contributed by atoms with Crippen LogP contribution in [0.3, 0.4) is 0 Å². The van der Waals surface area contributed by atoms with E-state index in [0.29, 0.717) is 13.1 Å². The summed E-state index contributed by atoms with van der Waals surface area (Å²) < 4.78 is 5.85. The summed E-state index contributed by atoms with van der Waals surface area (Å²) in [5.74, 6) is 2.09. The van der Waals surface area contributed by atoms with Crippen LogP contribution >= 0.6 is 0 Å². The molecule has 1 atom stereocenters. The summed E-state index contributed by atoms with van der Waals surface area (Å²) in [7, 11) is 3.91. The van der Waals surface area contributed by atoms with E-state index in [1.54, 1.807) is 0 Å². The fourth-order valence-electron chi connectivity index (χ4n) is 3.35. The van der Waals surface area contributed by atoms with Gasteiger partial charge in [0.15, 0.2) is 5.89 Å². The molecular weight excluding hydrogens is 314 g/mol. The quantitative estimate of drug-likeness (QED) is 0.856. The third-order valence-electron chi connectivity index (χ3n) is 4.78. The van der Waals surface area contributed by atoms with Gasteiger partial charge in [-0.3, -0.25) is 9.69 Å². The summed E-state index contributed by atoms with van der Waals surface area (Å²) in [6.45, 7) is 7.40. The number of aryl methyl sites for hydroxylation is 1.